The zero-order valence-electron chi connectivity index (χ0n) is 11.5. The first kappa shape index (κ1) is 13.9. The van der Waals surface area contributed by atoms with Crippen LogP contribution < -0.4 is 10.1 Å². The summed E-state index contributed by atoms with van der Waals surface area (Å²) in [6, 6.07) is 8.09. The minimum atomic E-state index is 0.809. The van der Waals surface area contributed by atoms with Crippen molar-refractivity contribution in [3.63, 3.8) is 0 Å². The molecule has 0 spiro atoms. The van der Waals surface area contributed by atoms with E-state index in [1.165, 1.54) is 5.56 Å². The van der Waals surface area contributed by atoms with E-state index in [0.29, 0.717) is 0 Å². The van der Waals surface area contributed by atoms with Crippen LogP contribution in [0, 0.1) is 20.8 Å². The molecule has 4 heteroatoms. The summed E-state index contributed by atoms with van der Waals surface area (Å²) in [6.07, 6.45) is 0. The SMILES string of the molecule is COc1c(C)cc(C)cc1Nc1ccc(Br)c(C)n1. The standard InChI is InChI=1S/C15H17BrN2O/c1-9-7-10(2)15(19-4)13(8-9)18-14-6-5-12(16)11(3)17-14/h5-8H,1-4H3,(H,17,18). The smallest absolute Gasteiger partial charge is 0.145 e. The topological polar surface area (TPSA) is 34.1 Å². The molecule has 0 unspecified atom stereocenters. The molecule has 0 bridgehead atoms. The normalized spacial score (nSPS) is 10.4. The van der Waals surface area contributed by atoms with Gasteiger partial charge in [-0.3, -0.25) is 0 Å². The van der Waals surface area contributed by atoms with Crippen molar-refractivity contribution in [3.05, 3.63) is 45.6 Å². The molecule has 19 heavy (non-hydrogen) atoms. The zero-order chi connectivity index (χ0) is 14.0. The van der Waals surface area contributed by atoms with Crippen LogP contribution in [0.4, 0.5) is 11.5 Å². The van der Waals surface area contributed by atoms with E-state index in [1.54, 1.807) is 7.11 Å². The van der Waals surface area contributed by atoms with Crippen molar-refractivity contribution in [3.8, 4) is 5.75 Å². The number of anilines is 2. The van der Waals surface area contributed by atoms with E-state index in [0.717, 1.165) is 33.0 Å². The van der Waals surface area contributed by atoms with E-state index in [2.05, 4.69) is 45.3 Å². The molecule has 0 saturated heterocycles. The Hall–Kier alpha value is -1.55. The van der Waals surface area contributed by atoms with Crippen molar-refractivity contribution in [2.24, 2.45) is 0 Å². The number of aromatic nitrogens is 1. The third kappa shape index (κ3) is 3.07. The average molecular weight is 321 g/mol. The van der Waals surface area contributed by atoms with E-state index < -0.39 is 0 Å². The van der Waals surface area contributed by atoms with Crippen molar-refractivity contribution < 1.29 is 4.74 Å². The van der Waals surface area contributed by atoms with Crippen LogP contribution in [0.1, 0.15) is 16.8 Å². The lowest BCUT2D eigenvalue weighted by molar-refractivity contribution is 0.413. The number of ether oxygens (including phenoxy) is 1. The molecule has 1 aromatic carbocycles. The summed E-state index contributed by atoms with van der Waals surface area (Å²) in [5.41, 5.74) is 4.19. The minimum Gasteiger partial charge on any atom is -0.494 e. The third-order valence-corrected chi connectivity index (χ3v) is 3.75. The number of aryl methyl sites for hydroxylation is 3. The molecule has 1 heterocycles. The lowest BCUT2D eigenvalue weighted by atomic mass is 10.1. The maximum atomic E-state index is 5.46. The summed E-state index contributed by atoms with van der Waals surface area (Å²) >= 11 is 3.45. The van der Waals surface area contributed by atoms with Crippen LogP contribution in [0.2, 0.25) is 0 Å². The Morgan fingerprint density at radius 2 is 1.89 bits per heavy atom. The fourth-order valence-electron chi connectivity index (χ4n) is 2.07. The van der Waals surface area contributed by atoms with Crippen LogP contribution in [-0.2, 0) is 0 Å². The molecule has 1 aromatic heterocycles. The fourth-order valence-corrected chi connectivity index (χ4v) is 2.29. The van der Waals surface area contributed by atoms with E-state index in [9.17, 15) is 0 Å². The van der Waals surface area contributed by atoms with Crippen molar-refractivity contribution in [1.29, 1.82) is 0 Å². The number of hydrogen-bond acceptors (Lipinski definition) is 3. The number of methoxy groups -OCH3 is 1. The van der Waals surface area contributed by atoms with Gasteiger partial charge in [0.1, 0.15) is 11.6 Å². The number of nitrogens with one attached hydrogen (secondary N) is 1. The average Bonchev–Trinajstić information content (AvgIpc) is 2.33. The van der Waals surface area contributed by atoms with Gasteiger partial charge in [-0.05, 0) is 66.0 Å². The first-order valence-corrected chi connectivity index (χ1v) is 6.86. The second kappa shape index (κ2) is 5.61. The van der Waals surface area contributed by atoms with Crippen LogP contribution in [0.3, 0.4) is 0 Å². The highest BCUT2D eigenvalue weighted by molar-refractivity contribution is 9.10. The van der Waals surface area contributed by atoms with Gasteiger partial charge >= 0.3 is 0 Å². The highest BCUT2D eigenvalue weighted by Crippen LogP contribution is 2.32. The van der Waals surface area contributed by atoms with Crippen molar-refractivity contribution >= 4 is 27.4 Å². The van der Waals surface area contributed by atoms with Crippen molar-refractivity contribution in [2.45, 2.75) is 20.8 Å². The molecule has 0 aliphatic heterocycles. The Balaban J connectivity index is 2.39. The van der Waals surface area contributed by atoms with Crippen LogP contribution in [0.25, 0.3) is 0 Å². The first-order valence-electron chi connectivity index (χ1n) is 6.06. The van der Waals surface area contributed by atoms with Crippen LogP contribution >= 0.6 is 15.9 Å². The Labute approximate surface area is 122 Å². The monoisotopic (exact) mass is 320 g/mol. The predicted octanol–water partition coefficient (Wildman–Crippen LogP) is 4.52. The molecule has 0 aliphatic rings. The summed E-state index contributed by atoms with van der Waals surface area (Å²) in [6.45, 7) is 6.07. The molecule has 1 N–H and O–H groups in total. The Morgan fingerprint density at radius 1 is 1.16 bits per heavy atom. The molecular weight excluding hydrogens is 304 g/mol. The Morgan fingerprint density at radius 3 is 2.53 bits per heavy atom. The minimum absolute atomic E-state index is 0.809. The van der Waals surface area contributed by atoms with Gasteiger partial charge in [-0.25, -0.2) is 4.98 Å². The van der Waals surface area contributed by atoms with E-state index in [-0.39, 0.29) is 0 Å². The second-order valence-electron chi connectivity index (χ2n) is 4.55. The van der Waals surface area contributed by atoms with E-state index in [1.807, 2.05) is 26.0 Å². The zero-order valence-corrected chi connectivity index (χ0v) is 13.1. The van der Waals surface area contributed by atoms with Gasteiger partial charge in [0.25, 0.3) is 0 Å². The highest BCUT2D eigenvalue weighted by Gasteiger charge is 2.09. The van der Waals surface area contributed by atoms with Gasteiger partial charge in [0.05, 0.1) is 18.5 Å². The number of nitrogens with zero attached hydrogens (tertiary/aromatic N) is 1. The van der Waals surface area contributed by atoms with Crippen LogP contribution in [-0.4, -0.2) is 12.1 Å². The lowest BCUT2D eigenvalue weighted by Gasteiger charge is -2.14. The van der Waals surface area contributed by atoms with E-state index in [4.69, 9.17) is 4.74 Å². The number of pyridine rings is 1. The van der Waals surface area contributed by atoms with Gasteiger partial charge in [-0.2, -0.15) is 0 Å². The van der Waals surface area contributed by atoms with Gasteiger partial charge in [0.15, 0.2) is 0 Å². The number of halogens is 1. The van der Waals surface area contributed by atoms with Gasteiger partial charge in [0, 0.05) is 4.47 Å². The molecule has 0 aliphatic carbocycles. The summed E-state index contributed by atoms with van der Waals surface area (Å²) in [7, 11) is 1.68. The Bertz CT molecular complexity index is 611. The van der Waals surface area contributed by atoms with Crippen molar-refractivity contribution in [2.75, 3.05) is 12.4 Å². The molecular formula is C15H17BrN2O. The molecule has 0 radical (unpaired) electrons. The number of hydrogen-bond donors (Lipinski definition) is 1. The Kier molecular flexibility index (Phi) is 4.10. The van der Waals surface area contributed by atoms with Gasteiger partial charge < -0.3 is 10.1 Å². The molecule has 0 fully saturated rings. The van der Waals surface area contributed by atoms with Gasteiger partial charge in [0.2, 0.25) is 0 Å². The lowest BCUT2D eigenvalue weighted by Crippen LogP contribution is -2.00. The molecule has 0 amide bonds. The largest absolute Gasteiger partial charge is 0.494 e. The number of benzene rings is 1. The van der Waals surface area contributed by atoms with Crippen LogP contribution in [0.15, 0.2) is 28.7 Å². The first-order chi connectivity index (χ1) is 9.01. The maximum Gasteiger partial charge on any atom is 0.145 e. The van der Waals surface area contributed by atoms with Crippen molar-refractivity contribution in [1.82, 2.24) is 4.98 Å². The van der Waals surface area contributed by atoms with Gasteiger partial charge in [-0.1, -0.05) is 6.07 Å². The van der Waals surface area contributed by atoms with Crippen LogP contribution in [0.5, 0.6) is 5.75 Å². The summed E-state index contributed by atoms with van der Waals surface area (Å²) in [5.74, 6) is 1.66. The molecule has 3 nitrogen and oxygen atoms in total. The third-order valence-electron chi connectivity index (χ3n) is 2.91. The second-order valence-corrected chi connectivity index (χ2v) is 5.41. The molecule has 0 saturated carbocycles. The summed E-state index contributed by atoms with van der Waals surface area (Å²) in [5, 5.41) is 3.32. The number of rotatable bonds is 3. The molecule has 2 rings (SSSR count). The predicted molar refractivity (Wildman–Crippen MR) is 82.4 cm³/mol. The molecule has 100 valence electrons. The van der Waals surface area contributed by atoms with Gasteiger partial charge in [-0.15, -0.1) is 0 Å². The summed E-state index contributed by atoms with van der Waals surface area (Å²) in [4.78, 5) is 4.49. The maximum absolute atomic E-state index is 5.46. The quantitative estimate of drug-likeness (QED) is 0.902. The van der Waals surface area contributed by atoms with E-state index >= 15 is 0 Å². The molecule has 0 atom stereocenters. The molecule has 2 aromatic rings. The fraction of sp³-hybridized carbons (Fsp3) is 0.267. The summed E-state index contributed by atoms with van der Waals surface area (Å²) < 4.78 is 6.46. The highest BCUT2D eigenvalue weighted by atomic mass is 79.9.